The molecule has 17 heavy (non-hydrogen) atoms. The zero-order chi connectivity index (χ0) is 12.8. The molecule has 0 N–H and O–H groups in total. The van der Waals surface area contributed by atoms with Crippen molar-refractivity contribution in [3.05, 3.63) is 17.7 Å². The van der Waals surface area contributed by atoms with Gasteiger partial charge in [-0.1, -0.05) is 13.8 Å². The van der Waals surface area contributed by atoms with E-state index in [-0.39, 0.29) is 5.97 Å². The summed E-state index contributed by atoms with van der Waals surface area (Å²) in [5.41, 5.74) is 0.471. The van der Waals surface area contributed by atoms with Crippen LogP contribution in [-0.2, 0) is 16.0 Å². The lowest BCUT2D eigenvalue weighted by molar-refractivity contribution is 0.0581. The van der Waals surface area contributed by atoms with Crippen molar-refractivity contribution in [1.82, 2.24) is 9.55 Å². The highest BCUT2D eigenvalue weighted by Crippen LogP contribution is 2.06. The second kappa shape index (κ2) is 6.39. The van der Waals surface area contributed by atoms with Gasteiger partial charge in [0, 0.05) is 13.2 Å². The molecule has 0 saturated carbocycles. The highest BCUT2D eigenvalue weighted by atomic mass is 16.5. The Morgan fingerprint density at radius 1 is 1.53 bits per heavy atom. The van der Waals surface area contributed by atoms with E-state index in [1.165, 1.54) is 13.3 Å². The van der Waals surface area contributed by atoms with Crippen LogP contribution in [0.25, 0.3) is 0 Å². The summed E-state index contributed by atoms with van der Waals surface area (Å²) in [7, 11) is 1.37. The van der Waals surface area contributed by atoms with Crippen LogP contribution in [0.15, 0.2) is 6.20 Å². The van der Waals surface area contributed by atoms with Crippen molar-refractivity contribution in [3.8, 4) is 0 Å². The first-order valence-electron chi connectivity index (χ1n) is 5.74. The summed E-state index contributed by atoms with van der Waals surface area (Å²) in [5.74, 6) is 0.937. The Labute approximate surface area is 102 Å². The molecule has 1 aromatic rings. The molecular weight excluding hydrogens is 220 g/mol. The van der Waals surface area contributed by atoms with Crippen molar-refractivity contribution in [1.29, 1.82) is 0 Å². The van der Waals surface area contributed by atoms with E-state index in [4.69, 9.17) is 9.47 Å². The minimum atomic E-state index is -0.366. The number of rotatable bonds is 6. The van der Waals surface area contributed by atoms with Crippen molar-refractivity contribution in [3.63, 3.8) is 0 Å². The lowest BCUT2D eigenvalue weighted by atomic mass is 10.2. The van der Waals surface area contributed by atoms with Crippen molar-refractivity contribution < 1.29 is 14.3 Å². The van der Waals surface area contributed by atoms with E-state index < -0.39 is 0 Å². The first kappa shape index (κ1) is 13.7. The molecule has 0 saturated heterocycles. The number of hydrogen-bond donors (Lipinski definition) is 0. The second-order valence-corrected chi connectivity index (χ2v) is 4.30. The molecule has 0 amide bonds. The molecule has 0 radical (unpaired) electrons. The molecule has 0 fully saturated rings. The second-order valence-electron chi connectivity index (χ2n) is 4.30. The number of ether oxygens (including phenoxy) is 2. The summed E-state index contributed by atoms with van der Waals surface area (Å²) in [6.45, 7) is 7.96. The Morgan fingerprint density at radius 3 is 2.82 bits per heavy atom. The summed E-state index contributed by atoms with van der Waals surface area (Å²) in [6.07, 6.45) is 1.53. The average Bonchev–Trinajstić information content (AvgIpc) is 2.65. The van der Waals surface area contributed by atoms with E-state index in [9.17, 15) is 4.79 Å². The zero-order valence-electron chi connectivity index (χ0n) is 10.9. The number of carbonyl (C=O) groups excluding carboxylic acids is 1. The third-order valence-electron chi connectivity index (χ3n) is 2.36. The fourth-order valence-corrected chi connectivity index (χ4v) is 1.49. The number of carbonyl (C=O) groups is 1. The van der Waals surface area contributed by atoms with Gasteiger partial charge < -0.3 is 14.0 Å². The number of aromatic nitrogens is 2. The van der Waals surface area contributed by atoms with Gasteiger partial charge >= 0.3 is 5.97 Å². The predicted octanol–water partition coefficient (Wildman–Crippen LogP) is 1.65. The summed E-state index contributed by atoms with van der Waals surface area (Å²) >= 11 is 0. The molecule has 5 heteroatoms. The Balaban J connectivity index is 2.57. The maximum Gasteiger partial charge on any atom is 0.356 e. The van der Waals surface area contributed by atoms with Gasteiger partial charge in [0.25, 0.3) is 0 Å². The van der Waals surface area contributed by atoms with Crippen LogP contribution in [0.5, 0.6) is 0 Å². The van der Waals surface area contributed by atoms with Crippen LogP contribution in [0.2, 0.25) is 0 Å². The SMILES string of the molecule is COC(=O)c1cnc(C)n1CCOCC(C)C. The first-order chi connectivity index (χ1) is 8.06. The molecular formula is C12H20N2O3. The van der Waals surface area contributed by atoms with Crippen molar-refractivity contribution in [2.24, 2.45) is 5.92 Å². The minimum Gasteiger partial charge on any atom is -0.464 e. The maximum absolute atomic E-state index is 11.5. The van der Waals surface area contributed by atoms with Crippen molar-refractivity contribution in [2.75, 3.05) is 20.3 Å². The standard InChI is InChI=1S/C12H20N2O3/c1-9(2)8-17-6-5-14-10(3)13-7-11(14)12(15)16-4/h7,9H,5-6,8H2,1-4H3. The molecule has 0 aliphatic carbocycles. The van der Waals surface area contributed by atoms with Crippen LogP contribution in [0, 0.1) is 12.8 Å². The topological polar surface area (TPSA) is 53.3 Å². The van der Waals surface area contributed by atoms with Gasteiger partial charge in [-0.25, -0.2) is 9.78 Å². The van der Waals surface area contributed by atoms with E-state index in [0.717, 1.165) is 12.4 Å². The largest absolute Gasteiger partial charge is 0.464 e. The number of aryl methyl sites for hydroxylation is 1. The van der Waals surface area contributed by atoms with E-state index in [1.807, 2.05) is 11.5 Å². The van der Waals surface area contributed by atoms with Crippen LogP contribution in [-0.4, -0.2) is 35.8 Å². The van der Waals surface area contributed by atoms with E-state index >= 15 is 0 Å². The van der Waals surface area contributed by atoms with Gasteiger partial charge in [-0.3, -0.25) is 0 Å². The van der Waals surface area contributed by atoms with Crippen molar-refractivity contribution >= 4 is 5.97 Å². The number of methoxy groups -OCH3 is 1. The highest BCUT2D eigenvalue weighted by molar-refractivity contribution is 5.87. The smallest absolute Gasteiger partial charge is 0.356 e. The molecule has 0 aliphatic heterocycles. The summed E-state index contributed by atoms with van der Waals surface area (Å²) in [4.78, 5) is 15.6. The van der Waals surface area contributed by atoms with Gasteiger partial charge in [-0.2, -0.15) is 0 Å². The quantitative estimate of drug-likeness (QED) is 0.560. The summed E-state index contributed by atoms with van der Waals surface area (Å²) in [6, 6.07) is 0. The van der Waals surface area contributed by atoms with E-state index in [1.54, 1.807) is 0 Å². The molecule has 0 atom stereocenters. The molecule has 0 bridgehead atoms. The van der Waals surface area contributed by atoms with Gasteiger partial charge in [-0.15, -0.1) is 0 Å². The van der Waals surface area contributed by atoms with Crippen LogP contribution < -0.4 is 0 Å². The van der Waals surface area contributed by atoms with Gasteiger partial charge in [0.15, 0.2) is 0 Å². The lowest BCUT2D eigenvalue weighted by Crippen LogP contribution is -2.16. The Morgan fingerprint density at radius 2 is 2.24 bits per heavy atom. The van der Waals surface area contributed by atoms with Gasteiger partial charge in [0.05, 0.1) is 19.9 Å². The van der Waals surface area contributed by atoms with E-state index in [2.05, 4.69) is 18.8 Å². The third-order valence-corrected chi connectivity index (χ3v) is 2.36. The normalized spacial score (nSPS) is 10.9. The monoisotopic (exact) mass is 240 g/mol. The van der Waals surface area contributed by atoms with Gasteiger partial charge in [-0.05, 0) is 12.8 Å². The Hall–Kier alpha value is -1.36. The third kappa shape index (κ3) is 3.85. The van der Waals surface area contributed by atoms with Crippen LogP contribution in [0.4, 0.5) is 0 Å². The maximum atomic E-state index is 11.5. The number of esters is 1. The molecule has 5 nitrogen and oxygen atoms in total. The van der Waals surface area contributed by atoms with Crippen molar-refractivity contribution in [2.45, 2.75) is 27.3 Å². The number of hydrogen-bond acceptors (Lipinski definition) is 4. The number of imidazole rings is 1. The molecule has 1 rings (SSSR count). The average molecular weight is 240 g/mol. The molecule has 1 heterocycles. The molecule has 0 aliphatic rings. The highest BCUT2D eigenvalue weighted by Gasteiger charge is 2.14. The summed E-state index contributed by atoms with van der Waals surface area (Å²) in [5, 5.41) is 0. The molecule has 0 unspecified atom stereocenters. The molecule has 0 aromatic carbocycles. The van der Waals surface area contributed by atoms with Gasteiger partial charge in [0.2, 0.25) is 0 Å². The number of nitrogens with zero attached hydrogens (tertiary/aromatic N) is 2. The first-order valence-corrected chi connectivity index (χ1v) is 5.74. The molecule has 1 aromatic heterocycles. The molecule has 96 valence electrons. The fourth-order valence-electron chi connectivity index (χ4n) is 1.49. The Bertz CT molecular complexity index is 372. The van der Waals surface area contributed by atoms with Crippen LogP contribution >= 0.6 is 0 Å². The fraction of sp³-hybridized carbons (Fsp3) is 0.667. The van der Waals surface area contributed by atoms with E-state index in [0.29, 0.717) is 24.8 Å². The van der Waals surface area contributed by atoms with Gasteiger partial charge in [0.1, 0.15) is 11.5 Å². The van der Waals surface area contributed by atoms with Crippen LogP contribution in [0.1, 0.15) is 30.2 Å². The molecule has 0 spiro atoms. The minimum absolute atomic E-state index is 0.366. The Kier molecular flexibility index (Phi) is 5.15. The summed E-state index contributed by atoms with van der Waals surface area (Å²) < 4.78 is 12.0. The zero-order valence-corrected chi connectivity index (χ0v) is 10.9. The van der Waals surface area contributed by atoms with Crippen LogP contribution in [0.3, 0.4) is 0 Å². The lowest BCUT2D eigenvalue weighted by Gasteiger charge is -2.10. The predicted molar refractivity (Wildman–Crippen MR) is 64.0 cm³/mol.